The van der Waals surface area contributed by atoms with E-state index in [1.807, 2.05) is 18.2 Å². The van der Waals surface area contributed by atoms with Crippen molar-refractivity contribution in [1.29, 1.82) is 0 Å². The van der Waals surface area contributed by atoms with Crippen molar-refractivity contribution in [2.45, 2.75) is 38.3 Å². The molecule has 4 rings (SSSR count). The fourth-order valence-electron chi connectivity index (χ4n) is 4.07. The van der Waals surface area contributed by atoms with Crippen LogP contribution in [-0.2, 0) is 16.1 Å². The van der Waals surface area contributed by atoms with Crippen molar-refractivity contribution in [2.24, 2.45) is 11.7 Å². The molecule has 1 aromatic rings. The number of carbonyl (C=O) groups excluding carboxylic acids is 3. The van der Waals surface area contributed by atoms with Crippen LogP contribution in [0.1, 0.15) is 47.2 Å². The van der Waals surface area contributed by atoms with Gasteiger partial charge in [0.05, 0.1) is 5.56 Å². The topological polar surface area (TPSA) is 92.5 Å². The Morgan fingerprint density at radius 1 is 1.24 bits per heavy atom. The molecule has 6 nitrogen and oxygen atoms in total. The Labute approximate surface area is 146 Å². The Morgan fingerprint density at radius 3 is 2.80 bits per heavy atom. The van der Waals surface area contributed by atoms with E-state index in [0.717, 1.165) is 24.0 Å². The van der Waals surface area contributed by atoms with E-state index in [1.54, 1.807) is 4.90 Å². The lowest BCUT2D eigenvalue weighted by Crippen LogP contribution is -2.52. The molecule has 2 unspecified atom stereocenters. The molecule has 1 fully saturated rings. The number of nitrogens with one attached hydrogen (secondary N) is 1. The zero-order chi connectivity index (χ0) is 17.6. The molecule has 3 aliphatic rings. The van der Waals surface area contributed by atoms with Crippen LogP contribution in [0, 0.1) is 5.92 Å². The van der Waals surface area contributed by atoms with E-state index < -0.39 is 6.04 Å². The number of piperidine rings is 1. The highest BCUT2D eigenvalue weighted by Gasteiger charge is 2.40. The Hall–Kier alpha value is -2.47. The molecule has 1 aliphatic carbocycles. The average Bonchev–Trinajstić information content (AvgIpc) is 3.20. The summed E-state index contributed by atoms with van der Waals surface area (Å²) < 4.78 is 0. The molecule has 0 saturated carbocycles. The molecular weight excluding hydrogens is 318 g/mol. The molecule has 1 saturated heterocycles. The molecule has 130 valence electrons. The molecule has 6 heteroatoms. The highest BCUT2D eigenvalue weighted by molar-refractivity contribution is 6.07. The highest BCUT2D eigenvalue weighted by Crippen LogP contribution is 2.38. The van der Waals surface area contributed by atoms with Gasteiger partial charge in [-0.3, -0.25) is 19.7 Å². The minimum absolute atomic E-state index is 0.114. The highest BCUT2D eigenvalue weighted by atomic mass is 16.2. The number of fused-ring (bicyclic) bond motifs is 1. The molecule has 2 aliphatic heterocycles. The summed E-state index contributed by atoms with van der Waals surface area (Å²) in [6, 6.07) is 5.32. The van der Waals surface area contributed by atoms with E-state index in [9.17, 15) is 14.4 Å². The summed E-state index contributed by atoms with van der Waals surface area (Å²) in [5.74, 6) is -0.317. The van der Waals surface area contributed by atoms with Crippen LogP contribution in [0.2, 0.25) is 0 Å². The number of carbonyl (C=O) groups is 3. The van der Waals surface area contributed by atoms with E-state index in [4.69, 9.17) is 5.73 Å². The molecule has 0 spiro atoms. The number of imide groups is 1. The van der Waals surface area contributed by atoms with Gasteiger partial charge < -0.3 is 10.6 Å². The van der Waals surface area contributed by atoms with Crippen molar-refractivity contribution in [2.75, 3.05) is 6.54 Å². The van der Waals surface area contributed by atoms with Crippen molar-refractivity contribution in [3.8, 4) is 0 Å². The first-order valence-electron chi connectivity index (χ1n) is 8.74. The normalized spacial score (nSPS) is 25.9. The SMILES string of the molecule is NCC1CC=C(c2cccc3c2C(=O)N(C2CCC(=O)NC2=O)C3)C1. The minimum Gasteiger partial charge on any atom is -0.330 e. The standard InChI is InChI=1S/C19H21N3O3/c20-9-11-4-5-12(8-11)14-3-1-2-13-10-22(19(25)17(13)14)15-6-7-16(23)21-18(15)24/h1-3,5,11,15H,4,6-10,20H2,(H,21,23,24). The fraction of sp³-hybridized carbons (Fsp3) is 0.421. The van der Waals surface area contributed by atoms with E-state index in [1.165, 1.54) is 5.57 Å². The molecule has 1 aromatic carbocycles. The van der Waals surface area contributed by atoms with Gasteiger partial charge >= 0.3 is 0 Å². The lowest BCUT2D eigenvalue weighted by Gasteiger charge is -2.29. The summed E-state index contributed by atoms with van der Waals surface area (Å²) in [4.78, 5) is 38.2. The average molecular weight is 339 g/mol. The van der Waals surface area contributed by atoms with Crippen molar-refractivity contribution < 1.29 is 14.4 Å². The predicted molar refractivity (Wildman–Crippen MR) is 92.2 cm³/mol. The number of hydrogen-bond acceptors (Lipinski definition) is 4. The molecule has 0 aromatic heterocycles. The summed E-state index contributed by atoms with van der Waals surface area (Å²) in [6.45, 7) is 1.06. The number of allylic oxidation sites excluding steroid dienone is 2. The van der Waals surface area contributed by atoms with Gasteiger partial charge in [0.1, 0.15) is 6.04 Å². The van der Waals surface area contributed by atoms with Crippen LogP contribution < -0.4 is 11.1 Å². The Bertz CT molecular complexity index is 799. The number of benzene rings is 1. The third kappa shape index (κ3) is 2.66. The predicted octanol–water partition coefficient (Wildman–Crippen LogP) is 1.20. The van der Waals surface area contributed by atoms with Crippen molar-refractivity contribution in [1.82, 2.24) is 10.2 Å². The first kappa shape index (κ1) is 16.0. The third-order valence-electron chi connectivity index (χ3n) is 5.44. The molecule has 2 atom stereocenters. The Morgan fingerprint density at radius 2 is 2.08 bits per heavy atom. The third-order valence-corrected chi connectivity index (χ3v) is 5.44. The number of nitrogens with two attached hydrogens (primary N) is 1. The van der Waals surface area contributed by atoms with E-state index in [2.05, 4.69) is 11.4 Å². The van der Waals surface area contributed by atoms with Crippen LogP contribution in [0.25, 0.3) is 5.57 Å². The molecule has 3 N–H and O–H groups in total. The second-order valence-corrected chi connectivity index (χ2v) is 7.01. The number of rotatable bonds is 3. The summed E-state index contributed by atoms with van der Waals surface area (Å²) >= 11 is 0. The smallest absolute Gasteiger partial charge is 0.255 e. The molecule has 0 bridgehead atoms. The maximum atomic E-state index is 13.1. The van der Waals surface area contributed by atoms with Crippen molar-refractivity contribution in [3.05, 3.63) is 41.0 Å². The summed E-state index contributed by atoms with van der Waals surface area (Å²) in [5.41, 5.74) is 9.57. The van der Waals surface area contributed by atoms with Crippen LogP contribution in [-0.4, -0.2) is 35.2 Å². The van der Waals surface area contributed by atoms with Gasteiger partial charge in [-0.25, -0.2) is 0 Å². The molecule has 25 heavy (non-hydrogen) atoms. The minimum atomic E-state index is -0.570. The van der Waals surface area contributed by atoms with Gasteiger partial charge in [0.15, 0.2) is 0 Å². The fourth-order valence-corrected chi connectivity index (χ4v) is 4.07. The zero-order valence-electron chi connectivity index (χ0n) is 14.0. The number of hydrogen-bond donors (Lipinski definition) is 2. The maximum Gasteiger partial charge on any atom is 0.255 e. The summed E-state index contributed by atoms with van der Waals surface area (Å²) in [6.07, 6.45) is 4.67. The molecule has 3 amide bonds. The monoisotopic (exact) mass is 339 g/mol. The van der Waals surface area contributed by atoms with Gasteiger partial charge in [-0.15, -0.1) is 0 Å². The lowest BCUT2D eigenvalue weighted by molar-refractivity contribution is -0.136. The Balaban J connectivity index is 1.63. The largest absolute Gasteiger partial charge is 0.330 e. The van der Waals surface area contributed by atoms with E-state index >= 15 is 0 Å². The summed E-state index contributed by atoms with van der Waals surface area (Å²) in [7, 11) is 0. The number of amides is 3. The second kappa shape index (κ2) is 6.11. The van der Waals surface area contributed by atoms with Crippen LogP contribution in [0.5, 0.6) is 0 Å². The van der Waals surface area contributed by atoms with Crippen LogP contribution in [0.3, 0.4) is 0 Å². The molecule has 2 heterocycles. The van der Waals surface area contributed by atoms with Gasteiger partial charge in [-0.2, -0.15) is 0 Å². The first-order chi connectivity index (χ1) is 12.1. The number of nitrogens with zero attached hydrogens (tertiary/aromatic N) is 1. The van der Waals surface area contributed by atoms with Gasteiger partial charge in [-0.1, -0.05) is 24.3 Å². The summed E-state index contributed by atoms with van der Waals surface area (Å²) in [5, 5.41) is 2.34. The van der Waals surface area contributed by atoms with E-state index in [-0.39, 0.29) is 24.1 Å². The zero-order valence-corrected chi connectivity index (χ0v) is 14.0. The molecule has 0 radical (unpaired) electrons. The first-order valence-corrected chi connectivity index (χ1v) is 8.74. The van der Waals surface area contributed by atoms with Crippen molar-refractivity contribution in [3.63, 3.8) is 0 Å². The van der Waals surface area contributed by atoms with Gasteiger partial charge in [0, 0.05) is 13.0 Å². The molecular formula is C19H21N3O3. The quantitative estimate of drug-likeness (QED) is 0.809. The Kier molecular flexibility index (Phi) is 3.92. The van der Waals surface area contributed by atoms with Crippen molar-refractivity contribution >= 4 is 23.3 Å². The second-order valence-electron chi connectivity index (χ2n) is 7.01. The van der Waals surface area contributed by atoms with Crippen LogP contribution in [0.4, 0.5) is 0 Å². The lowest BCUT2D eigenvalue weighted by atomic mass is 9.94. The van der Waals surface area contributed by atoms with Gasteiger partial charge in [-0.05, 0) is 48.4 Å². The van der Waals surface area contributed by atoms with Gasteiger partial charge in [0.25, 0.3) is 5.91 Å². The van der Waals surface area contributed by atoms with E-state index in [0.29, 0.717) is 31.0 Å². The maximum absolute atomic E-state index is 13.1. The van der Waals surface area contributed by atoms with Gasteiger partial charge in [0.2, 0.25) is 11.8 Å². The van der Waals surface area contributed by atoms with Crippen LogP contribution >= 0.6 is 0 Å². The van der Waals surface area contributed by atoms with Crippen LogP contribution in [0.15, 0.2) is 24.3 Å².